The maximum atomic E-state index is 5.96. The van der Waals surface area contributed by atoms with Gasteiger partial charge in [-0.25, -0.2) is 0 Å². The summed E-state index contributed by atoms with van der Waals surface area (Å²) in [6.07, 6.45) is 3.50. The summed E-state index contributed by atoms with van der Waals surface area (Å²) in [4.78, 5) is 18.5. The lowest BCUT2D eigenvalue weighted by Crippen LogP contribution is -2.25. The van der Waals surface area contributed by atoms with Crippen molar-refractivity contribution in [3.63, 3.8) is 0 Å². The van der Waals surface area contributed by atoms with Crippen LogP contribution in [0.4, 0.5) is 5.95 Å². The number of ether oxygens (including phenoxy) is 1. The molecule has 0 fully saturated rings. The Kier molecular flexibility index (Phi) is 5.27. The second-order valence-electron chi connectivity index (χ2n) is 4.72. The highest BCUT2D eigenvalue weighted by Gasteiger charge is 2.13. The van der Waals surface area contributed by atoms with Crippen LogP contribution in [0.1, 0.15) is 26.3 Å². The highest BCUT2D eigenvalue weighted by Crippen LogP contribution is 2.17. The molecule has 0 aliphatic carbocycles. The van der Waals surface area contributed by atoms with Gasteiger partial charge in [0.15, 0.2) is 0 Å². The lowest BCUT2D eigenvalue weighted by Gasteiger charge is -2.21. The van der Waals surface area contributed by atoms with E-state index >= 15 is 0 Å². The lowest BCUT2D eigenvalue weighted by atomic mass is 10.2. The number of aromatic nitrogens is 4. The quantitative estimate of drug-likeness (QED) is 0.817. The smallest absolute Gasteiger partial charge is 0.322 e. The zero-order valence-electron chi connectivity index (χ0n) is 12.3. The van der Waals surface area contributed by atoms with Gasteiger partial charge in [-0.15, -0.1) is 0 Å². The normalized spacial score (nSPS) is 10.7. The van der Waals surface area contributed by atoms with Crippen LogP contribution in [0.2, 0.25) is 5.28 Å². The molecule has 2 heterocycles. The topological polar surface area (TPSA) is 64.0 Å². The number of halogens is 1. The molecule has 0 saturated heterocycles. The molecule has 2 aromatic heterocycles. The first-order chi connectivity index (χ1) is 10.1. The molecular formula is C14H18ClN5O. The van der Waals surface area contributed by atoms with E-state index in [1.165, 1.54) is 0 Å². The number of nitrogens with zero attached hydrogens (tertiary/aromatic N) is 5. The first-order valence-electron chi connectivity index (χ1n) is 6.80. The van der Waals surface area contributed by atoms with Crippen molar-refractivity contribution in [2.45, 2.75) is 33.4 Å². The van der Waals surface area contributed by atoms with Gasteiger partial charge in [0.25, 0.3) is 0 Å². The molecule has 7 heteroatoms. The minimum atomic E-state index is -0.0217. The van der Waals surface area contributed by atoms with E-state index < -0.39 is 0 Å². The van der Waals surface area contributed by atoms with Crippen molar-refractivity contribution in [3.05, 3.63) is 35.4 Å². The number of anilines is 1. The Morgan fingerprint density at radius 3 is 2.52 bits per heavy atom. The molecule has 0 aliphatic rings. The van der Waals surface area contributed by atoms with Gasteiger partial charge in [0.05, 0.1) is 6.10 Å². The van der Waals surface area contributed by atoms with Crippen LogP contribution in [-0.2, 0) is 6.54 Å². The van der Waals surface area contributed by atoms with Crippen molar-refractivity contribution in [1.82, 2.24) is 19.9 Å². The van der Waals surface area contributed by atoms with E-state index in [0.717, 1.165) is 12.1 Å². The Morgan fingerprint density at radius 2 is 1.90 bits per heavy atom. The molecule has 2 rings (SSSR count). The second-order valence-corrected chi connectivity index (χ2v) is 5.06. The molecule has 112 valence electrons. The van der Waals surface area contributed by atoms with E-state index in [1.54, 1.807) is 12.4 Å². The van der Waals surface area contributed by atoms with E-state index in [-0.39, 0.29) is 17.4 Å². The summed E-state index contributed by atoms with van der Waals surface area (Å²) in [7, 11) is 0. The number of rotatable bonds is 6. The molecule has 2 aromatic rings. The summed E-state index contributed by atoms with van der Waals surface area (Å²) in [6.45, 7) is 7.25. The predicted octanol–water partition coefficient (Wildman–Crippen LogP) is 2.73. The number of pyridine rings is 1. The Balaban J connectivity index is 2.23. The van der Waals surface area contributed by atoms with Crippen LogP contribution in [0, 0.1) is 0 Å². The third-order valence-electron chi connectivity index (χ3n) is 2.70. The molecule has 0 amide bonds. The molecule has 0 unspecified atom stereocenters. The van der Waals surface area contributed by atoms with Gasteiger partial charge in [-0.3, -0.25) is 4.98 Å². The zero-order chi connectivity index (χ0) is 15.2. The second kappa shape index (κ2) is 7.17. The highest BCUT2D eigenvalue weighted by atomic mass is 35.5. The third-order valence-corrected chi connectivity index (χ3v) is 2.87. The van der Waals surface area contributed by atoms with Gasteiger partial charge in [-0.1, -0.05) is 0 Å². The maximum Gasteiger partial charge on any atom is 0.322 e. The third kappa shape index (κ3) is 4.53. The molecule has 0 aromatic carbocycles. The van der Waals surface area contributed by atoms with Gasteiger partial charge >= 0.3 is 6.01 Å². The SMILES string of the molecule is CCN(Cc1ccncc1)c1nc(Cl)nc(OC(C)C)n1. The van der Waals surface area contributed by atoms with Gasteiger partial charge in [0.2, 0.25) is 11.2 Å². The zero-order valence-corrected chi connectivity index (χ0v) is 13.1. The minimum Gasteiger partial charge on any atom is -0.461 e. The van der Waals surface area contributed by atoms with Crippen LogP contribution in [0.25, 0.3) is 0 Å². The van der Waals surface area contributed by atoms with Gasteiger partial charge in [-0.2, -0.15) is 15.0 Å². The van der Waals surface area contributed by atoms with E-state index in [1.807, 2.05) is 37.8 Å². The summed E-state index contributed by atoms with van der Waals surface area (Å²) in [5.74, 6) is 0.505. The summed E-state index contributed by atoms with van der Waals surface area (Å²) < 4.78 is 5.50. The van der Waals surface area contributed by atoms with Crippen molar-refractivity contribution in [3.8, 4) is 6.01 Å². The maximum absolute atomic E-state index is 5.96. The van der Waals surface area contributed by atoms with Crippen molar-refractivity contribution in [1.29, 1.82) is 0 Å². The van der Waals surface area contributed by atoms with Gasteiger partial charge < -0.3 is 9.64 Å². The summed E-state index contributed by atoms with van der Waals surface area (Å²) in [6, 6.07) is 4.15. The first-order valence-corrected chi connectivity index (χ1v) is 7.18. The Labute approximate surface area is 129 Å². The average molecular weight is 308 g/mol. The van der Waals surface area contributed by atoms with E-state index in [2.05, 4.69) is 19.9 Å². The van der Waals surface area contributed by atoms with Gasteiger partial charge in [0, 0.05) is 25.5 Å². The van der Waals surface area contributed by atoms with E-state index in [4.69, 9.17) is 16.3 Å². The summed E-state index contributed by atoms with van der Waals surface area (Å²) in [5.41, 5.74) is 1.12. The van der Waals surface area contributed by atoms with E-state index in [0.29, 0.717) is 12.5 Å². The lowest BCUT2D eigenvalue weighted by molar-refractivity contribution is 0.221. The van der Waals surface area contributed by atoms with Crippen LogP contribution in [-0.4, -0.2) is 32.6 Å². The molecule has 0 saturated carbocycles. The van der Waals surface area contributed by atoms with Crippen LogP contribution in [0.15, 0.2) is 24.5 Å². The van der Waals surface area contributed by atoms with Crippen LogP contribution in [0.3, 0.4) is 0 Å². The largest absolute Gasteiger partial charge is 0.461 e. The average Bonchev–Trinajstić information content (AvgIpc) is 2.44. The summed E-state index contributed by atoms with van der Waals surface area (Å²) in [5, 5.41) is 0.129. The molecule has 0 bridgehead atoms. The van der Waals surface area contributed by atoms with Crippen LogP contribution >= 0.6 is 11.6 Å². The Morgan fingerprint density at radius 1 is 1.19 bits per heavy atom. The molecule has 0 aliphatic heterocycles. The first kappa shape index (κ1) is 15.4. The fourth-order valence-corrected chi connectivity index (χ4v) is 1.91. The molecule has 0 spiro atoms. The standard InChI is InChI=1S/C14H18ClN5O/c1-4-20(9-11-5-7-16-8-6-11)13-17-12(15)18-14(19-13)21-10(2)3/h5-8,10H,4,9H2,1-3H3. The van der Waals surface area contributed by atoms with Crippen molar-refractivity contribution < 1.29 is 4.74 Å². The van der Waals surface area contributed by atoms with Gasteiger partial charge in [0.1, 0.15) is 0 Å². The molecule has 6 nitrogen and oxygen atoms in total. The fraction of sp³-hybridized carbons (Fsp3) is 0.429. The fourth-order valence-electron chi connectivity index (χ4n) is 1.76. The number of hydrogen-bond acceptors (Lipinski definition) is 6. The minimum absolute atomic E-state index is 0.0217. The van der Waals surface area contributed by atoms with Crippen molar-refractivity contribution in [2.24, 2.45) is 0 Å². The van der Waals surface area contributed by atoms with E-state index in [9.17, 15) is 0 Å². The van der Waals surface area contributed by atoms with Crippen LogP contribution < -0.4 is 9.64 Å². The Bertz CT molecular complexity index is 579. The molecule has 21 heavy (non-hydrogen) atoms. The van der Waals surface area contributed by atoms with Crippen molar-refractivity contribution >= 4 is 17.5 Å². The molecule has 0 atom stereocenters. The number of hydrogen-bond donors (Lipinski definition) is 0. The van der Waals surface area contributed by atoms with Crippen molar-refractivity contribution in [2.75, 3.05) is 11.4 Å². The predicted molar refractivity (Wildman–Crippen MR) is 81.6 cm³/mol. The summed E-state index contributed by atoms with van der Waals surface area (Å²) >= 11 is 5.96. The molecular weight excluding hydrogens is 290 g/mol. The molecule has 0 N–H and O–H groups in total. The monoisotopic (exact) mass is 307 g/mol. The van der Waals surface area contributed by atoms with Crippen LogP contribution in [0.5, 0.6) is 6.01 Å². The Hall–Kier alpha value is -1.95. The van der Waals surface area contributed by atoms with Gasteiger partial charge in [-0.05, 0) is 50.1 Å². The molecule has 0 radical (unpaired) electrons. The highest BCUT2D eigenvalue weighted by molar-refractivity contribution is 6.28.